The van der Waals surface area contributed by atoms with Gasteiger partial charge in [0.25, 0.3) is 5.91 Å². The summed E-state index contributed by atoms with van der Waals surface area (Å²) in [7, 11) is 0. The van der Waals surface area contributed by atoms with Gasteiger partial charge < -0.3 is 0 Å². The fourth-order valence-corrected chi connectivity index (χ4v) is 2.89. The van der Waals surface area contributed by atoms with Gasteiger partial charge in [-0.3, -0.25) is 14.8 Å². The average molecular weight is 328 g/mol. The SMILES string of the molecule is CCc1nnc(NC(=O)c2c(C)nn(CC(C)C)c2Cl)s1. The van der Waals surface area contributed by atoms with Gasteiger partial charge in [0, 0.05) is 6.54 Å². The average Bonchev–Trinajstić information content (AvgIpc) is 2.94. The third kappa shape index (κ3) is 3.59. The number of nitrogens with one attached hydrogen (secondary N) is 1. The highest BCUT2D eigenvalue weighted by Crippen LogP contribution is 2.23. The number of aryl methyl sites for hydroxylation is 2. The van der Waals surface area contributed by atoms with Crippen LogP contribution in [0.1, 0.15) is 41.8 Å². The molecule has 0 bridgehead atoms. The second-order valence-electron chi connectivity index (χ2n) is 5.14. The number of rotatable bonds is 5. The molecule has 2 aromatic heterocycles. The van der Waals surface area contributed by atoms with Crippen molar-refractivity contribution in [2.45, 2.75) is 40.7 Å². The normalized spacial score (nSPS) is 11.1. The zero-order valence-electron chi connectivity index (χ0n) is 12.5. The summed E-state index contributed by atoms with van der Waals surface area (Å²) < 4.78 is 1.66. The topological polar surface area (TPSA) is 72.7 Å². The molecule has 0 atom stereocenters. The zero-order chi connectivity index (χ0) is 15.6. The van der Waals surface area contributed by atoms with Crippen molar-refractivity contribution >= 4 is 34.0 Å². The van der Waals surface area contributed by atoms with Crippen molar-refractivity contribution in [3.63, 3.8) is 0 Å². The summed E-state index contributed by atoms with van der Waals surface area (Å²) in [5, 5.41) is 16.7. The van der Waals surface area contributed by atoms with Gasteiger partial charge in [-0.25, -0.2) is 0 Å². The summed E-state index contributed by atoms with van der Waals surface area (Å²) >= 11 is 7.63. The van der Waals surface area contributed by atoms with Crippen molar-refractivity contribution in [3.8, 4) is 0 Å². The fourth-order valence-electron chi connectivity index (χ4n) is 1.88. The predicted molar refractivity (Wildman–Crippen MR) is 84.1 cm³/mol. The molecule has 2 aromatic rings. The second-order valence-corrected chi connectivity index (χ2v) is 6.56. The van der Waals surface area contributed by atoms with Gasteiger partial charge in [-0.05, 0) is 19.3 Å². The summed E-state index contributed by atoms with van der Waals surface area (Å²) in [6.45, 7) is 8.57. The summed E-state index contributed by atoms with van der Waals surface area (Å²) in [6.07, 6.45) is 0.791. The molecule has 0 aliphatic carbocycles. The lowest BCUT2D eigenvalue weighted by Crippen LogP contribution is -2.13. The molecule has 0 fully saturated rings. The molecule has 0 unspecified atom stereocenters. The molecule has 1 amide bonds. The van der Waals surface area contributed by atoms with E-state index in [9.17, 15) is 4.79 Å². The summed E-state index contributed by atoms with van der Waals surface area (Å²) in [5.74, 6) is 0.0966. The number of aromatic nitrogens is 4. The van der Waals surface area contributed by atoms with Gasteiger partial charge in [0.15, 0.2) is 0 Å². The van der Waals surface area contributed by atoms with Crippen molar-refractivity contribution in [1.82, 2.24) is 20.0 Å². The Kier molecular flexibility index (Phi) is 4.95. The summed E-state index contributed by atoms with van der Waals surface area (Å²) in [6, 6.07) is 0. The lowest BCUT2D eigenvalue weighted by atomic mass is 10.2. The van der Waals surface area contributed by atoms with Crippen molar-refractivity contribution in [2.75, 3.05) is 5.32 Å². The first kappa shape index (κ1) is 15.9. The first-order valence-electron chi connectivity index (χ1n) is 6.79. The van der Waals surface area contributed by atoms with Gasteiger partial charge in [0.05, 0.1) is 11.3 Å². The zero-order valence-corrected chi connectivity index (χ0v) is 14.0. The lowest BCUT2D eigenvalue weighted by molar-refractivity contribution is 0.102. The molecule has 2 rings (SSSR count). The van der Waals surface area contributed by atoms with Crippen LogP contribution in [0.4, 0.5) is 5.13 Å². The molecule has 0 saturated carbocycles. The molecule has 0 saturated heterocycles. The fraction of sp³-hybridized carbons (Fsp3) is 0.538. The highest BCUT2D eigenvalue weighted by atomic mass is 35.5. The quantitative estimate of drug-likeness (QED) is 0.915. The molecule has 6 nitrogen and oxygen atoms in total. The van der Waals surface area contributed by atoms with Crippen LogP contribution in [0.15, 0.2) is 0 Å². The van der Waals surface area contributed by atoms with E-state index in [-0.39, 0.29) is 5.91 Å². The highest BCUT2D eigenvalue weighted by Gasteiger charge is 2.21. The maximum Gasteiger partial charge on any atom is 0.262 e. The van der Waals surface area contributed by atoms with Crippen molar-refractivity contribution in [1.29, 1.82) is 0 Å². The standard InChI is InChI=1S/C13H18ClN5OS/c1-5-9-16-17-13(21-9)15-12(20)10-8(4)18-19(11(10)14)6-7(2)3/h7H,5-6H2,1-4H3,(H,15,17,20). The smallest absolute Gasteiger partial charge is 0.262 e. The molecule has 0 radical (unpaired) electrons. The Balaban J connectivity index is 2.20. The molecule has 2 heterocycles. The van der Waals surface area contributed by atoms with Gasteiger partial charge in [-0.1, -0.05) is 43.7 Å². The number of hydrogen-bond acceptors (Lipinski definition) is 5. The van der Waals surface area contributed by atoms with Crippen LogP contribution in [0.3, 0.4) is 0 Å². The Bertz CT molecular complexity index is 649. The van der Waals surface area contributed by atoms with Crippen LogP contribution in [0.2, 0.25) is 5.15 Å². The van der Waals surface area contributed by atoms with Gasteiger partial charge >= 0.3 is 0 Å². The van der Waals surface area contributed by atoms with E-state index in [4.69, 9.17) is 11.6 Å². The van der Waals surface area contributed by atoms with E-state index >= 15 is 0 Å². The van der Waals surface area contributed by atoms with E-state index in [1.165, 1.54) is 11.3 Å². The predicted octanol–water partition coefficient (Wildman–Crippen LogP) is 3.17. The minimum absolute atomic E-state index is 0.300. The Morgan fingerprint density at radius 1 is 1.43 bits per heavy atom. The molecule has 21 heavy (non-hydrogen) atoms. The number of nitrogens with zero attached hydrogens (tertiary/aromatic N) is 4. The van der Waals surface area contributed by atoms with Crippen molar-refractivity contribution in [3.05, 3.63) is 21.4 Å². The third-order valence-corrected chi connectivity index (χ3v) is 4.19. The van der Waals surface area contributed by atoms with Crippen molar-refractivity contribution < 1.29 is 4.79 Å². The molecule has 0 aromatic carbocycles. The first-order valence-corrected chi connectivity index (χ1v) is 7.98. The molecule has 0 aliphatic rings. The van der Waals surface area contributed by atoms with Gasteiger partial charge in [0.1, 0.15) is 10.2 Å². The Hall–Kier alpha value is -1.47. The van der Waals surface area contributed by atoms with E-state index in [1.807, 2.05) is 6.92 Å². The van der Waals surface area contributed by atoms with E-state index in [1.54, 1.807) is 11.6 Å². The molecule has 1 N–H and O–H groups in total. The molecular formula is C13H18ClN5OS. The van der Waals surface area contributed by atoms with E-state index in [2.05, 4.69) is 34.5 Å². The number of hydrogen-bond donors (Lipinski definition) is 1. The van der Waals surface area contributed by atoms with Crippen LogP contribution >= 0.6 is 22.9 Å². The molecule has 0 aliphatic heterocycles. The van der Waals surface area contributed by atoms with Crippen molar-refractivity contribution in [2.24, 2.45) is 5.92 Å². The highest BCUT2D eigenvalue weighted by molar-refractivity contribution is 7.15. The maximum absolute atomic E-state index is 12.3. The number of carbonyl (C=O) groups is 1. The van der Waals surface area contributed by atoms with Crippen LogP contribution in [-0.2, 0) is 13.0 Å². The second kappa shape index (κ2) is 6.53. The maximum atomic E-state index is 12.3. The number of amides is 1. The molecule has 8 heteroatoms. The van der Waals surface area contributed by atoms with Crippen LogP contribution in [-0.4, -0.2) is 25.9 Å². The number of halogens is 1. The first-order chi connectivity index (χ1) is 9.92. The lowest BCUT2D eigenvalue weighted by Gasteiger charge is -2.06. The molecular weight excluding hydrogens is 310 g/mol. The monoisotopic (exact) mass is 327 g/mol. The Morgan fingerprint density at radius 3 is 2.71 bits per heavy atom. The Morgan fingerprint density at radius 2 is 2.14 bits per heavy atom. The van der Waals surface area contributed by atoms with E-state index in [0.717, 1.165) is 11.4 Å². The van der Waals surface area contributed by atoms with Crippen LogP contribution in [0.25, 0.3) is 0 Å². The van der Waals surface area contributed by atoms with Crippen LogP contribution < -0.4 is 5.32 Å². The van der Waals surface area contributed by atoms with Gasteiger partial charge in [-0.2, -0.15) is 5.10 Å². The minimum atomic E-state index is -0.300. The molecule has 0 spiro atoms. The minimum Gasteiger partial charge on any atom is -0.296 e. The van der Waals surface area contributed by atoms with Gasteiger partial charge in [-0.15, -0.1) is 10.2 Å². The Labute approximate surface area is 132 Å². The van der Waals surface area contributed by atoms with Gasteiger partial charge in [0.2, 0.25) is 5.13 Å². The van der Waals surface area contributed by atoms with Crippen LogP contribution in [0.5, 0.6) is 0 Å². The van der Waals surface area contributed by atoms with E-state index in [0.29, 0.717) is 34.0 Å². The summed E-state index contributed by atoms with van der Waals surface area (Å²) in [5.41, 5.74) is 1.00. The third-order valence-electron chi connectivity index (χ3n) is 2.82. The van der Waals surface area contributed by atoms with Crippen LogP contribution in [0, 0.1) is 12.8 Å². The largest absolute Gasteiger partial charge is 0.296 e. The number of anilines is 1. The molecule has 114 valence electrons. The van der Waals surface area contributed by atoms with E-state index < -0.39 is 0 Å². The number of carbonyl (C=O) groups excluding carboxylic acids is 1. The summed E-state index contributed by atoms with van der Waals surface area (Å²) in [4.78, 5) is 12.3.